The summed E-state index contributed by atoms with van der Waals surface area (Å²) in [6.07, 6.45) is 1.56. The van der Waals surface area contributed by atoms with Crippen LogP contribution < -0.4 is 10.1 Å². The molecule has 156 valence electrons. The van der Waals surface area contributed by atoms with Crippen LogP contribution in [0.25, 0.3) is 16.8 Å². The molecule has 0 saturated carbocycles. The molecule has 0 aliphatic heterocycles. The summed E-state index contributed by atoms with van der Waals surface area (Å²) >= 11 is 0. The van der Waals surface area contributed by atoms with Gasteiger partial charge in [-0.1, -0.05) is 78.9 Å². The minimum absolute atomic E-state index is 0.00876. The summed E-state index contributed by atoms with van der Waals surface area (Å²) in [6.45, 7) is 2.28. The number of hydrogen-bond donors (Lipinski definition) is 1. The number of anilines is 1. The molecule has 1 N–H and O–H groups in total. The van der Waals surface area contributed by atoms with Gasteiger partial charge in [-0.25, -0.2) is 0 Å². The van der Waals surface area contributed by atoms with Crippen LogP contribution in [-0.4, -0.2) is 5.91 Å². The van der Waals surface area contributed by atoms with E-state index in [1.54, 1.807) is 6.08 Å². The highest BCUT2D eigenvalue weighted by Gasteiger charge is 2.12. The molecule has 1 amide bonds. The van der Waals surface area contributed by atoms with Crippen LogP contribution in [0.15, 0.2) is 96.6 Å². The molecule has 0 unspecified atom stereocenters. The zero-order valence-corrected chi connectivity index (χ0v) is 17.7. The topological polar surface area (TPSA) is 62.1 Å². The maximum absolute atomic E-state index is 12.7. The monoisotopic (exact) mass is 418 g/mol. The van der Waals surface area contributed by atoms with Crippen LogP contribution in [-0.2, 0) is 11.4 Å². The number of nitriles is 1. The molecular weight excluding hydrogens is 396 g/mol. The van der Waals surface area contributed by atoms with E-state index in [1.807, 2.05) is 85.8 Å². The Morgan fingerprint density at radius 1 is 0.938 bits per heavy atom. The predicted octanol–water partition coefficient (Wildman–Crippen LogP) is 6.27. The fourth-order valence-electron chi connectivity index (χ4n) is 3.51. The fraction of sp³-hybridized carbons (Fsp3) is 0.0714. The van der Waals surface area contributed by atoms with Gasteiger partial charge in [0.25, 0.3) is 5.91 Å². The zero-order chi connectivity index (χ0) is 22.3. The molecule has 0 aliphatic rings. The number of rotatable bonds is 6. The first-order valence-electron chi connectivity index (χ1n) is 10.3. The van der Waals surface area contributed by atoms with Gasteiger partial charge in [0.1, 0.15) is 24.0 Å². The second-order valence-electron chi connectivity index (χ2n) is 7.40. The Bertz CT molecular complexity index is 1340. The number of ether oxygens (including phenoxy) is 1. The number of carbonyl (C=O) groups is 1. The number of nitrogens with one attached hydrogen (secondary N) is 1. The van der Waals surface area contributed by atoms with Gasteiger partial charge in [0, 0.05) is 11.3 Å². The molecule has 0 aromatic heterocycles. The average molecular weight is 418 g/mol. The summed E-state index contributed by atoms with van der Waals surface area (Å²) < 4.78 is 6.11. The summed E-state index contributed by atoms with van der Waals surface area (Å²) in [4.78, 5) is 12.7. The number of fused-ring (bicyclic) bond motifs is 1. The maximum atomic E-state index is 12.7. The molecule has 0 spiro atoms. The molecule has 0 atom stereocenters. The number of aryl methyl sites for hydroxylation is 1. The quantitative estimate of drug-likeness (QED) is 0.296. The van der Waals surface area contributed by atoms with E-state index < -0.39 is 5.91 Å². The minimum Gasteiger partial charge on any atom is -0.488 e. The molecule has 0 bridgehead atoms. The van der Waals surface area contributed by atoms with Gasteiger partial charge in [0.15, 0.2) is 0 Å². The lowest BCUT2D eigenvalue weighted by Gasteiger charge is -2.12. The molecule has 4 aromatic carbocycles. The zero-order valence-electron chi connectivity index (χ0n) is 17.7. The van der Waals surface area contributed by atoms with E-state index in [1.165, 1.54) is 0 Å². The van der Waals surface area contributed by atoms with Gasteiger partial charge >= 0.3 is 0 Å². The Labute approximate surface area is 187 Å². The van der Waals surface area contributed by atoms with Crippen molar-refractivity contribution in [2.75, 3.05) is 5.32 Å². The van der Waals surface area contributed by atoms with Crippen LogP contribution in [0, 0.1) is 18.3 Å². The number of hydrogen-bond acceptors (Lipinski definition) is 3. The van der Waals surface area contributed by atoms with Crippen molar-refractivity contribution in [2.24, 2.45) is 0 Å². The van der Waals surface area contributed by atoms with Gasteiger partial charge in [0.05, 0.1) is 0 Å². The van der Waals surface area contributed by atoms with Crippen molar-refractivity contribution in [3.8, 4) is 11.8 Å². The van der Waals surface area contributed by atoms with E-state index >= 15 is 0 Å². The van der Waals surface area contributed by atoms with Gasteiger partial charge < -0.3 is 10.1 Å². The van der Waals surface area contributed by atoms with Gasteiger partial charge in [0.2, 0.25) is 0 Å². The van der Waals surface area contributed by atoms with Gasteiger partial charge in [-0.3, -0.25) is 4.79 Å². The maximum Gasteiger partial charge on any atom is 0.266 e. The van der Waals surface area contributed by atoms with E-state index in [-0.39, 0.29) is 5.57 Å². The van der Waals surface area contributed by atoms with Crippen molar-refractivity contribution >= 4 is 28.4 Å². The molecule has 0 heterocycles. The van der Waals surface area contributed by atoms with Crippen LogP contribution in [0.5, 0.6) is 5.75 Å². The molecule has 32 heavy (non-hydrogen) atoms. The molecule has 4 nitrogen and oxygen atoms in total. The third-order valence-electron chi connectivity index (χ3n) is 5.24. The Morgan fingerprint density at radius 3 is 2.50 bits per heavy atom. The number of amides is 1. The first-order valence-corrected chi connectivity index (χ1v) is 10.3. The second kappa shape index (κ2) is 9.63. The first-order chi connectivity index (χ1) is 15.7. The number of carbonyl (C=O) groups excluding carboxylic acids is 1. The van der Waals surface area contributed by atoms with Crippen LogP contribution in [0.3, 0.4) is 0 Å². The third-order valence-corrected chi connectivity index (χ3v) is 5.24. The number of nitrogens with zero attached hydrogens (tertiary/aromatic N) is 1. The average Bonchev–Trinajstić information content (AvgIpc) is 2.83. The number of benzene rings is 4. The number of para-hydroxylation sites is 2. The SMILES string of the molecule is Cc1ccccc1NC(=O)/C(C#N)=C/c1ccccc1OCc1cccc2ccccc12. The molecular formula is C28H22N2O2. The van der Waals surface area contributed by atoms with E-state index in [4.69, 9.17) is 4.74 Å². The van der Waals surface area contributed by atoms with Gasteiger partial charge in [-0.2, -0.15) is 5.26 Å². The Hall–Kier alpha value is -4.36. The molecule has 4 aromatic rings. The van der Waals surface area contributed by atoms with E-state index in [9.17, 15) is 10.1 Å². The van der Waals surface area contributed by atoms with Crippen LogP contribution in [0.1, 0.15) is 16.7 Å². The standard InChI is InChI=1S/C28H22N2O2/c1-20-9-2-6-15-26(20)30-28(31)24(18-29)17-22-11-4-7-16-27(22)32-19-23-13-8-12-21-10-3-5-14-25(21)23/h2-17H,19H2,1H3,(H,30,31)/b24-17+. The van der Waals surface area contributed by atoms with Crippen molar-refractivity contribution in [3.63, 3.8) is 0 Å². The van der Waals surface area contributed by atoms with Crippen LogP contribution in [0.4, 0.5) is 5.69 Å². The summed E-state index contributed by atoms with van der Waals surface area (Å²) in [5.41, 5.74) is 3.36. The Morgan fingerprint density at radius 2 is 1.66 bits per heavy atom. The lowest BCUT2D eigenvalue weighted by molar-refractivity contribution is -0.112. The largest absolute Gasteiger partial charge is 0.488 e. The normalized spacial score (nSPS) is 11.1. The van der Waals surface area contributed by atoms with E-state index in [0.29, 0.717) is 23.6 Å². The Kier molecular flexibility index (Phi) is 6.29. The smallest absolute Gasteiger partial charge is 0.266 e. The summed E-state index contributed by atoms with van der Waals surface area (Å²) in [6, 6.07) is 31.1. The molecule has 0 aliphatic carbocycles. The third kappa shape index (κ3) is 4.69. The van der Waals surface area contributed by atoms with Gasteiger partial charge in [-0.15, -0.1) is 0 Å². The minimum atomic E-state index is -0.453. The molecule has 4 rings (SSSR count). The van der Waals surface area contributed by atoms with Crippen molar-refractivity contribution in [1.29, 1.82) is 5.26 Å². The highest BCUT2D eigenvalue weighted by atomic mass is 16.5. The van der Waals surface area contributed by atoms with Crippen LogP contribution in [0.2, 0.25) is 0 Å². The highest BCUT2D eigenvalue weighted by Crippen LogP contribution is 2.25. The summed E-state index contributed by atoms with van der Waals surface area (Å²) in [7, 11) is 0. The molecule has 0 radical (unpaired) electrons. The summed E-state index contributed by atoms with van der Waals surface area (Å²) in [5, 5.41) is 14.7. The van der Waals surface area contributed by atoms with E-state index in [2.05, 4.69) is 23.5 Å². The Balaban J connectivity index is 1.57. The predicted molar refractivity (Wildman–Crippen MR) is 128 cm³/mol. The molecule has 0 fully saturated rings. The lowest BCUT2D eigenvalue weighted by atomic mass is 10.1. The molecule has 4 heteroatoms. The van der Waals surface area contributed by atoms with Crippen molar-refractivity contribution in [1.82, 2.24) is 0 Å². The van der Waals surface area contributed by atoms with Gasteiger partial charge in [-0.05, 0) is 47.0 Å². The fourth-order valence-corrected chi connectivity index (χ4v) is 3.51. The van der Waals surface area contributed by atoms with Crippen molar-refractivity contribution in [3.05, 3.63) is 113 Å². The van der Waals surface area contributed by atoms with Crippen LogP contribution >= 0.6 is 0 Å². The lowest BCUT2D eigenvalue weighted by Crippen LogP contribution is -2.14. The highest BCUT2D eigenvalue weighted by molar-refractivity contribution is 6.10. The van der Waals surface area contributed by atoms with E-state index in [0.717, 1.165) is 21.9 Å². The molecule has 0 saturated heterocycles. The van der Waals surface area contributed by atoms with Crippen molar-refractivity contribution < 1.29 is 9.53 Å². The van der Waals surface area contributed by atoms with Crippen molar-refractivity contribution in [2.45, 2.75) is 13.5 Å². The second-order valence-corrected chi connectivity index (χ2v) is 7.40. The summed E-state index contributed by atoms with van der Waals surface area (Å²) in [5.74, 6) is 0.155. The first kappa shape index (κ1) is 20.9.